The molecule has 1 N–H and O–H groups in total. The maximum absolute atomic E-state index is 12.0. The number of pyridine rings is 1. The smallest absolute Gasteiger partial charge is 0.247 e. The van der Waals surface area contributed by atoms with Crippen LogP contribution in [-0.4, -0.2) is 23.4 Å². The van der Waals surface area contributed by atoms with Crippen LogP contribution in [0.5, 0.6) is 0 Å². The summed E-state index contributed by atoms with van der Waals surface area (Å²) >= 11 is 11.3. The van der Waals surface area contributed by atoms with E-state index in [9.17, 15) is 8.42 Å². The molecule has 0 spiro atoms. The van der Waals surface area contributed by atoms with Gasteiger partial charge in [0.05, 0.1) is 0 Å². The van der Waals surface area contributed by atoms with E-state index < -0.39 is 10.0 Å². The molecule has 2 rings (SSSR count). The number of aryl methyl sites for hydroxylation is 1. The third-order valence-corrected chi connectivity index (χ3v) is 3.79. The number of hydrogen-bond donors (Lipinski definition) is 1. The monoisotopic (exact) mass is 318 g/mol. The van der Waals surface area contributed by atoms with E-state index in [-0.39, 0.29) is 21.2 Å². The predicted octanol–water partition coefficient (Wildman–Crippen LogP) is 2.29. The molecular weight excluding hydrogens is 311 g/mol. The van der Waals surface area contributed by atoms with E-state index >= 15 is 0 Å². The maximum atomic E-state index is 12.0. The van der Waals surface area contributed by atoms with E-state index in [1.54, 1.807) is 6.92 Å². The lowest BCUT2D eigenvalue weighted by Gasteiger charge is -2.07. The molecule has 0 aromatic carbocycles. The number of hydrogen-bond acceptors (Lipinski definition) is 5. The van der Waals surface area contributed by atoms with Gasteiger partial charge in [0, 0.05) is 11.9 Å². The van der Waals surface area contributed by atoms with E-state index in [4.69, 9.17) is 23.2 Å². The van der Waals surface area contributed by atoms with Gasteiger partial charge in [0.1, 0.15) is 15.2 Å². The summed E-state index contributed by atoms with van der Waals surface area (Å²) in [7, 11) is -3.82. The summed E-state index contributed by atoms with van der Waals surface area (Å²) in [6.45, 7) is 1.68. The third-order valence-electron chi connectivity index (χ3n) is 2.06. The highest BCUT2D eigenvalue weighted by Gasteiger charge is 2.16. The molecule has 0 saturated heterocycles. The topological polar surface area (TPSA) is 84.8 Å². The fourth-order valence-corrected chi connectivity index (χ4v) is 2.51. The molecule has 100 valence electrons. The zero-order valence-electron chi connectivity index (χ0n) is 9.63. The van der Waals surface area contributed by atoms with Gasteiger partial charge in [-0.25, -0.2) is 28.1 Å². The molecule has 6 nitrogen and oxygen atoms in total. The molecular formula is C10H8Cl2N4O2S. The second kappa shape index (κ2) is 5.28. The first-order valence-electron chi connectivity index (χ1n) is 5.02. The first kappa shape index (κ1) is 14.0. The number of halogens is 2. The predicted molar refractivity (Wildman–Crippen MR) is 71.8 cm³/mol. The summed E-state index contributed by atoms with van der Waals surface area (Å²) in [5.74, 6) is -0.0973. The minimum Gasteiger partial charge on any atom is -0.247 e. The zero-order chi connectivity index (χ0) is 14.0. The number of rotatable bonds is 3. The van der Waals surface area contributed by atoms with E-state index in [1.807, 2.05) is 0 Å². The van der Waals surface area contributed by atoms with E-state index in [0.717, 1.165) is 6.20 Å². The molecule has 0 radical (unpaired) electrons. The van der Waals surface area contributed by atoms with Crippen LogP contribution in [-0.2, 0) is 10.0 Å². The van der Waals surface area contributed by atoms with Gasteiger partial charge in [0.2, 0.25) is 5.95 Å². The van der Waals surface area contributed by atoms with Crippen LogP contribution in [0.2, 0.25) is 10.3 Å². The van der Waals surface area contributed by atoms with Gasteiger partial charge in [0.25, 0.3) is 10.0 Å². The summed E-state index contributed by atoms with van der Waals surface area (Å²) < 4.78 is 26.3. The van der Waals surface area contributed by atoms with Crippen LogP contribution >= 0.6 is 23.2 Å². The van der Waals surface area contributed by atoms with Crippen molar-refractivity contribution in [3.8, 4) is 0 Å². The summed E-state index contributed by atoms with van der Waals surface area (Å²) in [5.41, 5.74) is 0.548. The van der Waals surface area contributed by atoms with Gasteiger partial charge < -0.3 is 0 Å². The van der Waals surface area contributed by atoms with Crippen LogP contribution in [0.25, 0.3) is 0 Å². The lowest BCUT2D eigenvalue weighted by atomic mass is 10.5. The van der Waals surface area contributed by atoms with Crippen LogP contribution < -0.4 is 4.72 Å². The summed E-state index contributed by atoms with van der Waals surface area (Å²) in [6.07, 6.45) is 1.14. The molecule has 0 saturated carbocycles. The Morgan fingerprint density at radius 1 is 1.16 bits per heavy atom. The van der Waals surface area contributed by atoms with Crippen LogP contribution in [0, 0.1) is 6.92 Å². The molecule has 2 aromatic rings. The van der Waals surface area contributed by atoms with Gasteiger partial charge in [-0.3, -0.25) is 0 Å². The standard InChI is InChI=1S/C10H8Cl2N4O2S/c1-6-4-9(12)15-10(14-6)16-19(17,18)7-2-3-8(11)13-5-7/h2-5H,1H3,(H,14,15,16). The van der Waals surface area contributed by atoms with Crippen LogP contribution in [0.4, 0.5) is 5.95 Å². The van der Waals surface area contributed by atoms with Crippen molar-refractivity contribution < 1.29 is 8.42 Å². The Labute approximate surface area is 119 Å². The molecule has 2 heterocycles. The van der Waals surface area contributed by atoms with Crippen molar-refractivity contribution in [2.75, 3.05) is 4.72 Å². The quantitative estimate of drug-likeness (QED) is 0.693. The van der Waals surface area contributed by atoms with Gasteiger partial charge in [-0.2, -0.15) is 0 Å². The third kappa shape index (κ3) is 3.52. The molecule has 0 aliphatic carbocycles. The lowest BCUT2D eigenvalue weighted by molar-refractivity contribution is 0.600. The van der Waals surface area contributed by atoms with Crippen molar-refractivity contribution in [3.05, 3.63) is 40.4 Å². The Hall–Kier alpha value is -1.44. The van der Waals surface area contributed by atoms with Gasteiger partial charge >= 0.3 is 0 Å². The van der Waals surface area contributed by atoms with Crippen molar-refractivity contribution in [2.24, 2.45) is 0 Å². The second-order valence-electron chi connectivity index (χ2n) is 3.58. The highest BCUT2D eigenvalue weighted by atomic mass is 35.5. The number of aromatic nitrogens is 3. The average molecular weight is 319 g/mol. The summed E-state index contributed by atoms with van der Waals surface area (Å²) in [6, 6.07) is 4.22. The SMILES string of the molecule is Cc1cc(Cl)nc(NS(=O)(=O)c2ccc(Cl)nc2)n1. The molecule has 19 heavy (non-hydrogen) atoms. The number of nitrogens with one attached hydrogen (secondary N) is 1. The van der Waals surface area contributed by atoms with E-state index in [0.29, 0.717) is 5.69 Å². The highest BCUT2D eigenvalue weighted by molar-refractivity contribution is 7.92. The molecule has 2 aromatic heterocycles. The Morgan fingerprint density at radius 3 is 2.47 bits per heavy atom. The number of anilines is 1. The van der Waals surface area contributed by atoms with Crippen molar-refractivity contribution in [1.82, 2.24) is 15.0 Å². The lowest BCUT2D eigenvalue weighted by Crippen LogP contribution is -2.15. The molecule has 0 fully saturated rings. The van der Waals surface area contributed by atoms with Crippen LogP contribution in [0.3, 0.4) is 0 Å². The first-order chi connectivity index (χ1) is 8.87. The minimum absolute atomic E-state index is 0.0434. The summed E-state index contributed by atoms with van der Waals surface area (Å²) in [5, 5.41) is 0.355. The molecule has 0 aliphatic heterocycles. The highest BCUT2D eigenvalue weighted by Crippen LogP contribution is 2.16. The molecule has 0 unspecified atom stereocenters. The molecule has 9 heteroatoms. The Kier molecular flexibility index (Phi) is 3.88. The van der Waals surface area contributed by atoms with Crippen LogP contribution in [0.1, 0.15) is 5.69 Å². The van der Waals surface area contributed by atoms with Gasteiger partial charge in [-0.05, 0) is 25.1 Å². The number of sulfonamides is 1. The number of nitrogens with zero attached hydrogens (tertiary/aromatic N) is 3. The van der Waals surface area contributed by atoms with E-state index in [2.05, 4.69) is 19.7 Å². The average Bonchev–Trinajstić information content (AvgIpc) is 2.27. The second-order valence-corrected chi connectivity index (χ2v) is 6.03. The Bertz CT molecular complexity index is 684. The Balaban J connectivity index is 2.33. The zero-order valence-corrected chi connectivity index (χ0v) is 12.0. The summed E-state index contributed by atoms with van der Waals surface area (Å²) in [4.78, 5) is 11.4. The molecule has 0 aliphatic rings. The van der Waals surface area contributed by atoms with Crippen molar-refractivity contribution in [2.45, 2.75) is 11.8 Å². The minimum atomic E-state index is -3.82. The fourth-order valence-electron chi connectivity index (χ4n) is 1.28. The van der Waals surface area contributed by atoms with Crippen molar-refractivity contribution in [1.29, 1.82) is 0 Å². The van der Waals surface area contributed by atoms with E-state index in [1.165, 1.54) is 18.2 Å². The molecule has 0 atom stereocenters. The Morgan fingerprint density at radius 2 is 1.89 bits per heavy atom. The van der Waals surface area contributed by atoms with Gasteiger partial charge in [-0.15, -0.1) is 0 Å². The normalized spacial score (nSPS) is 11.3. The van der Waals surface area contributed by atoms with Crippen LogP contribution in [0.15, 0.2) is 29.3 Å². The first-order valence-corrected chi connectivity index (χ1v) is 7.26. The van der Waals surface area contributed by atoms with Crippen molar-refractivity contribution >= 4 is 39.2 Å². The largest absolute Gasteiger partial charge is 0.265 e. The van der Waals surface area contributed by atoms with Gasteiger partial charge in [0.15, 0.2) is 0 Å². The van der Waals surface area contributed by atoms with Crippen molar-refractivity contribution in [3.63, 3.8) is 0 Å². The fraction of sp³-hybridized carbons (Fsp3) is 0.100. The van der Waals surface area contributed by atoms with Gasteiger partial charge in [-0.1, -0.05) is 23.2 Å². The maximum Gasteiger partial charge on any atom is 0.265 e. The molecule has 0 amide bonds. The molecule has 0 bridgehead atoms.